The van der Waals surface area contributed by atoms with E-state index in [0.29, 0.717) is 48.1 Å². The van der Waals surface area contributed by atoms with E-state index in [0.717, 1.165) is 19.3 Å². The summed E-state index contributed by atoms with van der Waals surface area (Å²) < 4.78 is 11.3. The first-order valence-electron chi connectivity index (χ1n) is 9.22. The molecule has 2 amide bonds. The number of fused-ring (bicyclic) bond motifs is 1. The van der Waals surface area contributed by atoms with E-state index in [2.05, 4.69) is 0 Å². The highest BCUT2D eigenvalue weighted by atomic mass is 16.5. The fourth-order valence-electron chi connectivity index (χ4n) is 3.09. The van der Waals surface area contributed by atoms with E-state index >= 15 is 0 Å². The molecule has 1 aliphatic rings. The average molecular weight is 368 g/mol. The van der Waals surface area contributed by atoms with Crippen molar-refractivity contribution in [2.75, 3.05) is 25.5 Å². The molecule has 0 fully saturated rings. The van der Waals surface area contributed by atoms with Gasteiger partial charge in [-0.15, -0.1) is 0 Å². The molecule has 142 valence electrons. The molecule has 3 rings (SSSR count). The third-order valence-corrected chi connectivity index (χ3v) is 4.43. The van der Waals surface area contributed by atoms with Crippen LogP contribution in [0.15, 0.2) is 42.5 Å². The lowest BCUT2D eigenvalue weighted by molar-refractivity contribution is 0.0651. The smallest absolute Gasteiger partial charge is 0.261 e. The van der Waals surface area contributed by atoms with Gasteiger partial charge >= 0.3 is 0 Å². The Bertz CT molecular complexity index is 800. The summed E-state index contributed by atoms with van der Waals surface area (Å²) in [6.07, 6.45) is 2.42. The number of benzene rings is 2. The predicted molar refractivity (Wildman–Crippen MR) is 103 cm³/mol. The molecule has 1 heterocycles. The van der Waals surface area contributed by atoms with E-state index < -0.39 is 0 Å². The van der Waals surface area contributed by atoms with Gasteiger partial charge in [0.2, 0.25) is 0 Å². The molecule has 2 aromatic carbocycles. The molecule has 27 heavy (non-hydrogen) atoms. The number of nitrogen functional groups attached to an aromatic ring is 1. The number of nitrogens with zero attached hydrogens (tertiary/aromatic N) is 1. The number of nitrogens with two attached hydrogens (primary N) is 1. The minimum Gasteiger partial charge on any atom is -0.490 e. The lowest BCUT2D eigenvalue weighted by atomic mass is 10.1. The summed E-state index contributed by atoms with van der Waals surface area (Å²) in [6, 6.07) is 12.3. The van der Waals surface area contributed by atoms with Gasteiger partial charge in [0.1, 0.15) is 0 Å². The summed E-state index contributed by atoms with van der Waals surface area (Å²) in [7, 11) is 0. The molecule has 0 aromatic heterocycles. The monoisotopic (exact) mass is 368 g/mol. The number of imide groups is 1. The van der Waals surface area contributed by atoms with E-state index in [9.17, 15) is 9.59 Å². The summed E-state index contributed by atoms with van der Waals surface area (Å²) in [6.45, 7) is 3.41. The Balaban J connectivity index is 1.42. The van der Waals surface area contributed by atoms with Crippen LogP contribution in [0.5, 0.6) is 11.5 Å². The van der Waals surface area contributed by atoms with E-state index in [-0.39, 0.29) is 11.8 Å². The highest BCUT2D eigenvalue weighted by molar-refractivity contribution is 6.21. The van der Waals surface area contributed by atoms with Crippen molar-refractivity contribution in [1.82, 2.24) is 4.90 Å². The average Bonchev–Trinajstić information content (AvgIpc) is 2.91. The molecule has 0 saturated heterocycles. The number of rotatable bonds is 9. The number of carbonyl (C=O) groups excluding carboxylic acids is 2. The lowest BCUT2D eigenvalue weighted by Crippen LogP contribution is -2.30. The van der Waals surface area contributed by atoms with Crippen LogP contribution in [0.25, 0.3) is 0 Å². The van der Waals surface area contributed by atoms with Gasteiger partial charge in [-0.2, -0.15) is 0 Å². The molecule has 6 nitrogen and oxygen atoms in total. The van der Waals surface area contributed by atoms with Crippen LogP contribution in [0.2, 0.25) is 0 Å². The molecule has 2 N–H and O–H groups in total. The Morgan fingerprint density at radius 2 is 1.59 bits per heavy atom. The zero-order valence-electron chi connectivity index (χ0n) is 15.4. The Morgan fingerprint density at radius 1 is 0.889 bits per heavy atom. The topological polar surface area (TPSA) is 81.9 Å². The van der Waals surface area contributed by atoms with Gasteiger partial charge in [0.25, 0.3) is 11.8 Å². The molecule has 0 saturated carbocycles. The quantitative estimate of drug-likeness (QED) is 0.416. The van der Waals surface area contributed by atoms with Crippen LogP contribution in [0.3, 0.4) is 0 Å². The second-order valence-electron chi connectivity index (χ2n) is 6.36. The van der Waals surface area contributed by atoms with Crippen molar-refractivity contribution in [2.24, 2.45) is 0 Å². The maximum Gasteiger partial charge on any atom is 0.261 e. The van der Waals surface area contributed by atoms with Crippen LogP contribution < -0.4 is 15.2 Å². The molecule has 0 spiro atoms. The van der Waals surface area contributed by atoms with Crippen LogP contribution in [-0.4, -0.2) is 36.5 Å². The predicted octanol–water partition coefficient (Wildman–Crippen LogP) is 3.51. The van der Waals surface area contributed by atoms with Gasteiger partial charge in [0, 0.05) is 18.3 Å². The molecule has 0 atom stereocenters. The van der Waals surface area contributed by atoms with Crippen LogP contribution in [0.4, 0.5) is 5.69 Å². The lowest BCUT2D eigenvalue weighted by Gasteiger charge is -2.14. The highest BCUT2D eigenvalue weighted by Crippen LogP contribution is 2.29. The first-order chi connectivity index (χ1) is 13.1. The number of amides is 2. The number of carbonyl (C=O) groups is 2. The highest BCUT2D eigenvalue weighted by Gasteiger charge is 2.34. The van der Waals surface area contributed by atoms with Crippen LogP contribution >= 0.6 is 0 Å². The fraction of sp³-hybridized carbons (Fsp3) is 0.333. The third kappa shape index (κ3) is 4.22. The van der Waals surface area contributed by atoms with Crippen molar-refractivity contribution in [3.8, 4) is 11.5 Å². The first-order valence-corrected chi connectivity index (χ1v) is 9.22. The third-order valence-electron chi connectivity index (χ3n) is 4.43. The number of hydrogen-bond donors (Lipinski definition) is 1. The van der Waals surface area contributed by atoms with Gasteiger partial charge in [-0.25, -0.2) is 0 Å². The molecule has 0 radical (unpaired) electrons. The number of ether oxygens (including phenoxy) is 2. The molecular formula is C21H24N2O4. The zero-order chi connectivity index (χ0) is 19.2. The van der Waals surface area contributed by atoms with Gasteiger partial charge in [-0.05, 0) is 50.5 Å². The summed E-state index contributed by atoms with van der Waals surface area (Å²) in [5.41, 5.74) is 7.40. The van der Waals surface area contributed by atoms with E-state index in [1.54, 1.807) is 42.5 Å². The van der Waals surface area contributed by atoms with E-state index in [4.69, 9.17) is 15.2 Å². The Morgan fingerprint density at radius 3 is 2.26 bits per heavy atom. The molecular weight excluding hydrogens is 344 g/mol. The molecule has 2 aromatic rings. The standard InChI is InChI=1S/C21H24N2O4/c1-2-26-19-14-15(22)10-11-18(19)27-13-7-3-6-12-23-20(24)16-8-4-5-9-17(16)21(23)25/h4-5,8-11,14H,2-3,6-7,12-13,22H2,1H3. The fourth-order valence-corrected chi connectivity index (χ4v) is 3.09. The first kappa shape index (κ1) is 18.8. The Kier molecular flexibility index (Phi) is 5.96. The van der Waals surface area contributed by atoms with E-state index in [1.165, 1.54) is 4.90 Å². The molecule has 0 bridgehead atoms. The SMILES string of the molecule is CCOc1cc(N)ccc1OCCCCCN1C(=O)c2ccccc2C1=O. The van der Waals surface area contributed by atoms with Gasteiger partial charge in [0.05, 0.1) is 24.3 Å². The second kappa shape index (κ2) is 8.58. The van der Waals surface area contributed by atoms with Crippen LogP contribution in [0, 0.1) is 0 Å². The van der Waals surface area contributed by atoms with Gasteiger partial charge < -0.3 is 15.2 Å². The summed E-state index contributed by atoms with van der Waals surface area (Å²) in [4.78, 5) is 25.9. The number of hydrogen-bond acceptors (Lipinski definition) is 5. The van der Waals surface area contributed by atoms with Crippen molar-refractivity contribution < 1.29 is 19.1 Å². The van der Waals surface area contributed by atoms with Crippen molar-refractivity contribution in [1.29, 1.82) is 0 Å². The van der Waals surface area contributed by atoms with Gasteiger partial charge in [-0.1, -0.05) is 12.1 Å². The Labute approximate surface area is 158 Å². The molecule has 1 aliphatic heterocycles. The number of unbranched alkanes of at least 4 members (excludes halogenated alkanes) is 2. The molecule has 6 heteroatoms. The normalized spacial score (nSPS) is 13.0. The Hall–Kier alpha value is -3.02. The van der Waals surface area contributed by atoms with Crippen LogP contribution in [-0.2, 0) is 0 Å². The van der Waals surface area contributed by atoms with Gasteiger partial charge in [0.15, 0.2) is 11.5 Å². The zero-order valence-corrected chi connectivity index (χ0v) is 15.4. The minimum atomic E-state index is -0.199. The number of anilines is 1. The van der Waals surface area contributed by atoms with E-state index in [1.807, 2.05) is 6.92 Å². The molecule has 0 unspecified atom stereocenters. The minimum absolute atomic E-state index is 0.199. The summed E-state index contributed by atoms with van der Waals surface area (Å²) in [5.74, 6) is 0.917. The van der Waals surface area contributed by atoms with Crippen molar-refractivity contribution in [2.45, 2.75) is 26.2 Å². The maximum absolute atomic E-state index is 12.3. The summed E-state index contributed by atoms with van der Waals surface area (Å²) in [5, 5.41) is 0. The van der Waals surface area contributed by atoms with Crippen molar-refractivity contribution in [3.63, 3.8) is 0 Å². The summed E-state index contributed by atoms with van der Waals surface area (Å²) >= 11 is 0. The van der Waals surface area contributed by atoms with Gasteiger partial charge in [-0.3, -0.25) is 14.5 Å². The second-order valence-corrected chi connectivity index (χ2v) is 6.36. The molecule has 0 aliphatic carbocycles. The largest absolute Gasteiger partial charge is 0.490 e. The maximum atomic E-state index is 12.3. The van der Waals surface area contributed by atoms with Crippen LogP contribution in [0.1, 0.15) is 46.9 Å². The van der Waals surface area contributed by atoms with Crippen molar-refractivity contribution in [3.05, 3.63) is 53.6 Å². The van der Waals surface area contributed by atoms with Crippen molar-refractivity contribution >= 4 is 17.5 Å².